The molecule has 0 radical (unpaired) electrons. The molecule has 1 N–H and O–H groups in total. The van der Waals surface area contributed by atoms with Crippen LogP contribution in [0.2, 0.25) is 0 Å². The molecule has 1 aliphatic heterocycles. The van der Waals surface area contributed by atoms with Crippen LogP contribution in [0.1, 0.15) is 27.7 Å². The first-order chi connectivity index (χ1) is 4.63. The molecule has 0 amide bonds. The van der Waals surface area contributed by atoms with Gasteiger partial charge in [-0.3, -0.25) is 0 Å². The van der Waals surface area contributed by atoms with E-state index in [9.17, 15) is 0 Å². The standard InChI is InChI=1S/C9H19N/c1-6(2)9-7(3)5-10-8(9)4/h6-10H,5H2,1-4H3. The average Bonchev–Trinajstić information content (AvgIpc) is 2.11. The fourth-order valence-corrected chi connectivity index (χ4v) is 2.37. The van der Waals surface area contributed by atoms with Crippen molar-refractivity contribution in [1.29, 1.82) is 0 Å². The lowest BCUT2D eigenvalue weighted by molar-refractivity contribution is 0.296. The van der Waals surface area contributed by atoms with Gasteiger partial charge < -0.3 is 5.32 Å². The van der Waals surface area contributed by atoms with Gasteiger partial charge in [0.25, 0.3) is 0 Å². The molecule has 1 fully saturated rings. The van der Waals surface area contributed by atoms with E-state index >= 15 is 0 Å². The molecule has 0 aromatic heterocycles. The molecule has 1 heteroatoms. The Labute approximate surface area is 64.2 Å². The Bertz CT molecular complexity index is 99.3. The number of hydrogen-bond donors (Lipinski definition) is 1. The van der Waals surface area contributed by atoms with Crippen LogP contribution >= 0.6 is 0 Å². The Kier molecular flexibility index (Phi) is 2.35. The minimum absolute atomic E-state index is 0.731. The van der Waals surface area contributed by atoms with Crippen molar-refractivity contribution in [2.75, 3.05) is 6.54 Å². The molecule has 1 rings (SSSR count). The van der Waals surface area contributed by atoms with Crippen molar-refractivity contribution in [2.24, 2.45) is 17.8 Å². The van der Waals surface area contributed by atoms with E-state index in [0.29, 0.717) is 0 Å². The fourth-order valence-electron chi connectivity index (χ4n) is 2.37. The average molecular weight is 141 g/mol. The molecule has 0 aromatic rings. The molecule has 0 bridgehead atoms. The van der Waals surface area contributed by atoms with Gasteiger partial charge in [0.15, 0.2) is 0 Å². The van der Waals surface area contributed by atoms with Crippen LogP contribution in [-0.2, 0) is 0 Å². The highest BCUT2D eigenvalue weighted by Crippen LogP contribution is 2.28. The highest BCUT2D eigenvalue weighted by Gasteiger charge is 2.31. The van der Waals surface area contributed by atoms with Crippen LogP contribution in [0.4, 0.5) is 0 Å². The minimum Gasteiger partial charge on any atom is -0.314 e. The summed E-state index contributed by atoms with van der Waals surface area (Å²) in [6.07, 6.45) is 0. The van der Waals surface area contributed by atoms with Gasteiger partial charge in [0, 0.05) is 6.04 Å². The van der Waals surface area contributed by atoms with Crippen LogP contribution in [-0.4, -0.2) is 12.6 Å². The number of nitrogens with one attached hydrogen (secondary N) is 1. The van der Waals surface area contributed by atoms with Gasteiger partial charge in [-0.15, -0.1) is 0 Å². The number of rotatable bonds is 1. The molecule has 60 valence electrons. The van der Waals surface area contributed by atoms with Gasteiger partial charge >= 0.3 is 0 Å². The summed E-state index contributed by atoms with van der Waals surface area (Å²) >= 11 is 0. The van der Waals surface area contributed by atoms with E-state index in [4.69, 9.17) is 0 Å². The summed E-state index contributed by atoms with van der Waals surface area (Å²) < 4.78 is 0. The topological polar surface area (TPSA) is 12.0 Å². The lowest BCUT2D eigenvalue weighted by atomic mass is 9.83. The zero-order valence-corrected chi connectivity index (χ0v) is 7.52. The molecule has 3 atom stereocenters. The smallest absolute Gasteiger partial charge is 0.00725 e. The minimum atomic E-state index is 0.731. The second-order valence-corrected chi connectivity index (χ2v) is 4.00. The second-order valence-electron chi connectivity index (χ2n) is 4.00. The van der Waals surface area contributed by atoms with Crippen LogP contribution in [0.5, 0.6) is 0 Å². The van der Waals surface area contributed by atoms with Crippen molar-refractivity contribution in [2.45, 2.75) is 33.7 Å². The highest BCUT2D eigenvalue weighted by molar-refractivity contribution is 4.86. The van der Waals surface area contributed by atoms with Crippen molar-refractivity contribution < 1.29 is 0 Å². The molecule has 0 saturated carbocycles. The van der Waals surface area contributed by atoms with Gasteiger partial charge in [0.1, 0.15) is 0 Å². The Morgan fingerprint density at radius 3 is 2.10 bits per heavy atom. The Hall–Kier alpha value is -0.0400. The third-order valence-corrected chi connectivity index (χ3v) is 2.77. The maximum absolute atomic E-state index is 3.50. The van der Waals surface area contributed by atoms with E-state index in [2.05, 4.69) is 33.0 Å². The lowest BCUT2D eigenvalue weighted by Gasteiger charge is -2.22. The van der Waals surface area contributed by atoms with Crippen LogP contribution in [0.3, 0.4) is 0 Å². The van der Waals surface area contributed by atoms with Crippen molar-refractivity contribution in [1.82, 2.24) is 5.32 Å². The Balaban J connectivity index is 2.54. The molecule has 10 heavy (non-hydrogen) atoms. The summed E-state index contributed by atoms with van der Waals surface area (Å²) in [5.74, 6) is 2.59. The Morgan fingerprint density at radius 2 is 1.90 bits per heavy atom. The van der Waals surface area contributed by atoms with Gasteiger partial charge in [-0.25, -0.2) is 0 Å². The first-order valence-electron chi connectivity index (χ1n) is 4.36. The predicted molar refractivity (Wildman–Crippen MR) is 45.0 cm³/mol. The van der Waals surface area contributed by atoms with Gasteiger partial charge in [-0.1, -0.05) is 20.8 Å². The van der Waals surface area contributed by atoms with E-state index in [-0.39, 0.29) is 0 Å². The Morgan fingerprint density at radius 1 is 1.30 bits per heavy atom. The maximum Gasteiger partial charge on any atom is 0.00725 e. The SMILES string of the molecule is CC(C)C1C(C)CNC1C. The zero-order valence-electron chi connectivity index (χ0n) is 7.52. The normalized spacial score (nSPS) is 41.1. The van der Waals surface area contributed by atoms with Crippen LogP contribution in [0.25, 0.3) is 0 Å². The lowest BCUT2D eigenvalue weighted by Crippen LogP contribution is -2.26. The van der Waals surface area contributed by atoms with Crippen molar-refractivity contribution in [3.63, 3.8) is 0 Å². The van der Waals surface area contributed by atoms with Gasteiger partial charge in [-0.2, -0.15) is 0 Å². The quantitative estimate of drug-likeness (QED) is 0.588. The summed E-state index contributed by atoms with van der Waals surface area (Å²) in [5, 5.41) is 3.50. The fraction of sp³-hybridized carbons (Fsp3) is 1.00. The van der Waals surface area contributed by atoms with E-state index < -0.39 is 0 Å². The molecular weight excluding hydrogens is 122 g/mol. The monoisotopic (exact) mass is 141 g/mol. The van der Waals surface area contributed by atoms with Gasteiger partial charge in [0.05, 0.1) is 0 Å². The third kappa shape index (κ3) is 1.34. The van der Waals surface area contributed by atoms with Crippen molar-refractivity contribution in [3.05, 3.63) is 0 Å². The third-order valence-electron chi connectivity index (χ3n) is 2.77. The first kappa shape index (κ1) is 8.06. The molecule has 0 spiro atoms. The summed E-state index contributed by atoms with van der Waals surface area (Å²) in [7, 11) is 0. The largest absolute Gasteiger partial charge is 0.314 e. The van der Waals surface area contributed by atoms with Crippen molar-refractivity contribution >= 4 is 0 Å². The van der Waals surface area contributed by atoms with E-state index in [0.717, 1.165) is 23.8 Å². The molecule has 1 nitrogen and oxygen atoms in total. The van der Waals surface area contributed by atoms with E-state index in [1.54, 1.807) is 0 Å². The molecular formula is C9H19N. The molecule has 1 heterocycles. The zero-order chi connectivity index (χ0) is 7.72. The van der Waals surface area contributed by atoms with E-state index in [1.165, 1.54) is 6.54 Å². The summed E-state index contributed by atoms with van der Waals surface area (Å²) in [5.41, 5.74) is 0. The van der Waals surface area contributed by atoms with Gasteiger partial charge in [0.2, 0.25) is 0 Å². The van der Waals surface area contributed by atoms with Crippen molar-refractivity contribution in [3.8, 4) is 0 Å². The molecule has 0 aliphatic carbocycles. The van der Waals surface area contributed by atoms with Gasteiger partial charge in [-0.05, 0) is 31.2 Å². The molecule has 1 saturated heterocycles. The van der Waals surface area contributed by atoms with Crippen LogP contribution in [0, 0.1) is 17.8 Å². The van der Waals surface area contributed by atoms with Crippen LogP contribution < -0.4 is 5.32 Å². The maximum atomic E-state index is 3.50. The van der Waals surface area contributed by atoms with Crippen LogP contribution in [0.15, 0.2) is 0 Å². The first-order valence-corrected chi connectivity index (χ1v) is 4.36. The highest BCUT2D eigenvalue weighted by atomic mass is 15.0. The summed E-state index contributed by atoms with van der Waals surface area (Å²) in [4.78, 5) is 0. The van der Waals surface area contributed by atoms with E-state index in [1.807, 2.05) is 0 Å². The molecule has 3 unspecified atom stereocenters. The second kappa shape index (κ2) is 2.91. The molecule has 1 aliphatic rings. The number of hydrogen-bond acceptors (Lipinski definition) is 1. The predicted octanol–water partition coefficient (Wildman–Crippen LogP) is 1.89. The molecule has 0 aromatic carbocycles. The summed E-state index contributed by atoms with van der Waals surface area (Å²) in [6.45, 7) is 10.5. The summed E-state index contributed by atoms with van der Waals surface area (Å²) in [6, 6.07) is 0.731.